The van der Waals surface area contributed by atoms with Crippen LogP contribution < -0.4 is 11.1 Å². The maximum absolute atomic E-state index is 13.1. The second kappa shape index (κ2) is 8.95. The van der Waals surface area contributed by atoms with Gasteiger partial charge in [-0.2, -0.15) is 0 Å². The summed E-state index contributed by atoms with van der Waals surface area (Å²) in [5, 5.41) is 3.27. The Labute approximate surface area is 181 Å². The number of hydrogen-bond acceptors (Lipinski definition) is 5. The fourth-order valence-electron chi connectivity index (χ4n) is 4.23. The molecule has 4 amide bonds. The molecule has 3 heterocycles. The molecule has 0 bridgehead atoms. The topological polar surface area (TPSA) is 122 Å². The van der Waals surface area contributed by atoms with Gasteiger partial charge in [0.2, 0.25) is 17.4 Å². The number of fused-ring (bicyclic) bond motifs is 1. The minimum Gasteiger partial charge on any atom is -0.430 e. The number of furan rings is 1. The molecule has 3 N–H and O–H groups in total. The maximum atomic E-state index is 13.1. The van der Waals surface area contributed by atoms with Crippen molar-refractivity contribution in [1.82, 2.24) is 14.8 Å². The van der Waals surface area contributed by atoms with E-state index in [9.17, 15) is 14.4 Å². The van der Waals surface area contributed by atoms with Crippen molar-refractivity contribution in [3.8, 4) is 0 Å². The molecule has 2 aromatic rings. The molecule has 3 rings (SSSR count). The fourth-order valence-corrected chi connectivity index (χ4v) is 4.23. The van der Waals surface area contributed by atoms with Crippen LogP contribution in [0.1, 0.15) is 56.8 Å². The van der Waals surface area contributed by atoms with Gasteiger partial charge >= 0.3 is 6.03 Å². The molecule has 1 aliphatic rings. The molecule has 1 fully saturated rings. The number of rotatable bonds is 5. The number of primary amides is 1. The number of amides is 4. The average molecular weight is 430 g/mol. The third-order valence-electron chi connectivity index (χ3n) is 5.58. The van der Waals surface area contributed by atoms with Crippen LogP contribution in [0.25, 0.3) is 11.1 Å². The predicted molar refractivity (Wildman–Crippen MR) is 118 cm³/mol. The lowest BCUT2D eigenvalue weighted by molar-refractivity contribution is -0.140. The number of aryl methyl sites for hydroxylation is 1. The standard InChI is InChI=1S/C22H31N5O4/c1-12(2)27(13(3)4)21(29)15-7-6-10-26(11-15)22(30)25-17-16-9-8-14(5)24-20(16)31-18(17)19(23)28/h8-9,12-13,15H,6-7,10-11H2,1-5H3,(H2,23,28)(H,25,30)/t15-/m1/s1. The number of likely N-dealkylation sites (tertiary alicyclic amines) is 1. The van der Waals surface area contributed by atoms with Gasteiger partial charge in [-0.3, -0.25) is 9.59 Å². The molecule has 31 heavy (non-hydrogen) atoms. The molecule has 1 saturated heterocycles. The van der Waals surface area contributed by atoms with Crippen molar-refractivity contribution in [3.63, 3.8) is 0 Å². The van der Waals surface area contributed by atoms with Crippen LogP contribution in [0.15, 0.2) is 16.5 Å². The van der Waals surface area contributed by atoms with E-state index in [0.29, 0.717) is 24.2 Å². The number of nitrogens with two attached hydrogens (primary N) is 1. The van der Waals surface area contributed by atoms with E-state index < -0.39 is 11.9 Å². The highest BCUT2D eigenvalue weighted by atomic mass is 16.4. The Morgan fingerprint density at radius 2 is 1.90 bits per heavy atom. The minimum absolute atomic E-state index is 0.0637. The Kier molecular flexibility index (Phi) is 6.52. The summed E-state index contributed by atoms with van der Waals surface area (Å²) in [6.07, 6.45) is 1.46. The molecule has 1 atom stereocenters. The molecular formula is C22H31N5O4. The summed E-state index contributed by atoms with van der Waals surface area (Å²) in [6, 6.07) is 3.27. The van der Waals surface area contributed by atoms with Gasteiger partial charge in [0.15, 0.2) is 0 Å². The summed E-state index contributed by atoms with van der Waals surface area (Å²) in [4.78, 5) is 45.7. The highest BCUT2D eigenvalue weighted by molar-refractivity contribution is 6.09. The second-order valence-electron chi connectivity index (χ2n) is 8.62. The minimum atomic E-state index is -0.790. The SMILES string of the molecule is Cc1ccc2c(NC(=O)N3CCC[C@@H](C(=O)N(C(C)C)C(C)C)C3)c(C(N)=O)oc2n1. The molecule has 0 spiro atoms. The molecule has 0 aliphatic carbocycles. The largest absolute Gasteiger partial charge is 0.430 e. The van der Waals surface area contributed by atoms with E-state index >= 15 is 0 Å². The van der Waals surface area contributed by atoms with Gasteiger partial charge in [-0.05, 0) is 59.6 Å². The van der Waals surface area contributed by atoms with Crippen LogP contribution in [0.2, 0.25) is 0 Å². The number of carbonyl (C=O) groups is 3. The monoisotopic (exact) mass is 429 g/mol. The van der Waals surface area contributed by atoms with Crippen molar-refractivity contribution < 1.29 is 18.8 Å². The Morgan fingerprint density at radius 1 is 1.23 bits per heavy atom. The number of aromatic nitrogens is 1. The number of anilines is 1. The van der Waals surface area contributed by atoms with Crippen molar-refractivity contribution in [3.05, 3.63) is 23.6 Å². The third kappa shape index (κ3) is 4.65. The fraction of sp³-hybridized carbons (Fsp3) is 0.545. The number of carbonyl (C=O) groups excluding carboxylic acids is 3. The first-order chi connectivity index (χ1) is 14.6. The van der Waals surface area contributed by atoms with Crippen LogP contribution in [0.5, 0.6) is 0 Å². The summed E-state index contributed by atoms with van der Waals surface area (Å²) in [5.74, 6) is -1.13. The molecule has 9 heteroatoms. The van der Waals surface area contributed by atoms with Gasteiger partial charge in [0.05, 0.1) is 11.3 Å². The zero-order chi connectivity index (χ0) is 22.9. The third-order valence-corrected chi connectivity index (χ3v) is 5.58. The van der Waals surface area contributed by atoms with Gasteiger partial charge in [-0.15, -0.1) is 0 Å². The van der Waals surface area contributed by atoms with Crippen molar-refractivity contribution in [1.29, 1.82) is 0 Å². The Morgan fingerprint density at radius 3 is 2.52 bits per heavy atom. The van der Waals surface area contributed by atoms with Crippen molar-refractivity contribution in [2.24, 2.45) is 11.7 Å². The first kappa shape index (κ1) is 22.6. The molecule has 9 nitrogen and oxygen atoms in total. The smallest absolute Gasteiger partial charge is 0.321 e. The van der Waals surface area contributed by atoms with E-state index in [1.807, 2.05) is 32.6 Å². The van der Waals surface area contributed by atoms with Crippen LogP contribution in [-0.2, 0) is 4.79 Å². The van der Waals surface area contributed by atoms with Gasteiger partial charge in [-0.25, -0.2) is 9.78 Å². The van der Waals surface area contributed by atoms with Crippen LogP contribution >= 0.6 is 0 Å². The Bertz CT molecular complexity index is 989. The quantitative estimate of drug-likeness (QED) is 0.756. The molecule has 0 radical (unpaired) electrons. The van der Waals surface area contributed by atoms with Crippen molar-refractivity contribution >= 4 is 34.6 Å². The number of hydrogen-bond donors (Lipinski definition) is 2. The normalized spacial score (nSPS) is 16.7. The van der Waals surface area contributed by atoms with E-state index in [0.717, 1.165) is 12.8 Å². The lowest BCUT2D eigenvalue weighted by Gasteiger charge is -2.38. The van der Waals surface area contributed by atoms with Crippen LogP contribution in [0, 0.1) is 12.8 Å². The Balaban J connectivity index is 1.80. The average Bonchev–Trinajstić information content (AvgIpc) is 3.05. The summed E-state index contributed by atoms with van der Waals surface area (Å²) in [5.41, 5.74) is 6.61. The number of urea groups is 1. The van der Waals surface area contributed by atoms with Gasteiger partial charge in [0, 0.05) is 30.9 Å². The summed E-state index contributed by atoms with van der Waals surface area (Å²) < 4.78 is 5.49. The zero-order valence-corrected chi connectivity index (χ0v) is 18.8. The van der Waals surface area contributed by atoms with Crippen molar-refractivity contribution in [2.75, 3.05) is 18.4 Å². The molecule has 0 unspecified atom stereocenters. The molecular weight excluding hydrogens is 398 g/mol. The summed E-state index contributed by atoms with van der Waals surface area (Å²) in [6.45, 7) is 10.6. The highest BCUT2D eigenvalue weighted by Crippen LogP contribution is 2.31. The van der Waals surface area contributed by atoms with Gasteiger partial charge in [-0.1, -0.05) is 0 Å². The molecule has 0 saturated carbocycles. The number of nitrogens with zero attached hydrogens (tertiary/aromatic N) is 3. The summed E-state index contributed by atoms with van der Waals surface area (Å²) >= 11 is 0. The lowest BCUT2D eigenvalue weighted by Crippen LogP contribution is -2.51. The molecule has 1 aliphatic heterocycles. The van der Waals surface area contributed by atoms with E-state index in [4.69, 9.17) is 10.2 Å². The van der Waals surface area contributed by atoms with E-state index in [-0.39, 0.29) is 41.1 Å². The van der Waals surface area contributed by atoms with Gasteiger partial charge in [0.25, 0.3) is 5.91 Å². The number of pyridine rings is 1. The molecule has 168 valence electrons. The summed E-state index contributed by atoms with van der Waals surface area (Å²) in [7, 11) is 0. The van der Waals surface area contributed by atoms with Gasteiger partial charge in [0.1, 0.15) is 5.69 Å². The first-order valence-electron chi connectivity index (χ1n) is 10.7. The maximum Gasteiger partial charge on any atom is 0.321 e. The Hall–Kier alpha value is -3.10. The predicted octanol–water partition coefficient (Wildman–Crippen LogP) is 3.12. The lowest BCUT2D eigenvalue weighted by atomic mass is 9.95. The first-order valence-corrected chi connectivity index (χ1v) is 10.7. The van der Waals surface area contributed by atoms with E-state index in [1.54, 1.807) is 24.0 Å². The zero-order valence-electron chi connectivity index (χ0n) is 18.8. The number of nitrogens with one attached hydrogen (secondary N) is 1. The van der Waals surface area contributed by atoms with Crippen LogP contribution in [0.4, 0.5) is 10.5 Å². The van der Waals surface area contributed by atoms with E-state index in [2.05, 4.69) is 10.3 Å². The number of piperidine rings is 1. The highest BCUT2D eigenvalue weighted by Gasteiger charge is 2.34. The van der Waals surface area contributed by atoms with Crippen LogP contribution in [-0.4, -0.2) is 57.8 Å². The second-order valence-corrected chi connectivity index (χ2v) is 8.62. The van der Waals surface area contributed by atoms with E-state index in [1.165, 1.54) is 0 Å². The molecule has 2 aromatic heterocycles. The van der Waals surface area contributed by atoms with Crippen molar-refractivity contribution in [2.45, 2.75) is 59.5 Å². The van der Waals surface area contributed by atoms with Gasteiger partial charge < -0.3 is 25.3 Å². The molecule has 0 aromatic carbocycles. The van der Waals surface area contributed by atoms with Crippen LogP contribution in [0.3, 0.4) is 0 Å².